The summed E-state index contributed by atoms with van der Waals surface area (Å²) < 4.78 is 26.5. The van der Waals surface area contributed by atoms with Gasteiger partial charge in [0.15, 0.2) is 0 Å². The van der Waals surface area contributed by atoms with Gasteiger partial charge in [0.05, 0.1) is 12.6 Å². The van der Waals surface area contributed by atoms with Crippen LogP contribution in [-0.4, -0.2) is 57.5 Å². The molecule has 2 N–H and O–H groups in total. The number of carbonyl (C=O) groups is 1. The second-order valence-corrected chi connectivity index (χ2v) is 6.04. The number of carbonyl (C=O) groups excluding carboxylic acids is 1. The Balaban J connectivity index is 1.86. The van der Waals surface area contributed by atoms with Crippen molar-refractivity contribution in [3.05, 3.63) is 18.2 Å². The van der Waals surface area contributed by atoms with Crippen LogP contribution in [0.2, 0.25) is 0 Å². The van der Waals surface area contributed by atoms with E-state index < -0.39 is 12.6 Å². The third-order valence-electron chi connectivity index (χ3n) is 4.55. The van der Waals surface area contributed by atoms with Crippen molar-refractivity contribution in [1.29, 1.82) is 0 Å². The topological polar surface area (TPSA) is 67.4 Å². The van der Waals surface area contributed by atoms with E-state index in [2.05, 4.69) is 4.98 Å². The molecule has 2 heterocycles. The second kappa shape index (κ2) is 7.83. The van der Waals surface area contributed by atoms with Gasteiger partial charge in [-0.2, -0.15) is 8.78 Å². The predicted molar refractivity (Wildman–Crippen MR) is 82.8 cm³/mol. The Morgan fingerprint density at radius 3 is 2.57 bits per heavy atom. The zero-order valence-electron chi connectivity index (χ0n) is 13.7. The summed E-state index contributed by atoms with van der Waals surface area (Å²) >= 11 is 0. The molecule has 1 saturated heterocycles. The first kappa shape index (κ1) is 17.8. The zero-order valence-corrected chi connectivity index (χ0v) is 13.7. The van der Waals surface area contributed by atoms with E-state index >= 15 is 0 Å². The first-order valence-electron chi connectivity index (χ1n) is 8.00. The van der Waals surface area contributed by atoms with Crippen molar-refractivity contribution in [3.8, 4) is 0 Å². The predicted octanol–water partition coefficient (Wildman–Crippen LogP) is 1.30. The first-order valence-corrected chi connectivity index (χ1v) is 8.00. The third kappa shape index (κ3) is 4.26. The van der Waals surface area contributed by atoms with Crippen LogP contribution in [0.5, 0.6) is 0 Å². The molecule has 6 nitrogen and oxygen atoms in total. The summed E-state index contributed by atoms with van der Waals surface area (Å²) in [4.78, 5) is 20.1. The highest BCUT2D eigenvalue weighted by atomic mass is 19.3. The Morgan fingerprint density at radius 2 is 2.00 bits per heavy atom. The molecule has 0 aromatic carbocycles. The van der Waals surface area contributed by atoms with Crippen molar-refractivity contribution in [1.82, 2.24) is 19.4 Å². The van der Waals surface area contributed by atoms with E-state index in [9.17, 15) is 13.6 Å². The molecule has 0 aliphatic carbocycles. The van der Waals surface area contributed by atoms with Crippen LogP contribution in [0.15, 0.2) is 12.4 Å². The first-order chi connectivity index (χ1) is 10.9. The molecule has 0 bridgehead atoms. The van der Waals surface area contributed by atoms with Crippen LogP contribution in [0.4, 0.5) is 8.78 Å². The number of imidazole rings is 1. The van der Waals surface area contributed by atoms with Gasteiger partial charge in [-0.25, -0.2) is 4.98 Å². The minimum atomic E-state index is -2.58. The summed E-state index contributed by atoms with van der Waals surface area (Å²) in [6.45, 7) is 4.17. The van der Waals surface area contributed by atoms with Crippen LogP contribution in [0.1, 0.15) is 32.6 Å². The van der Waals surface area contributed by atoms with Crippen molar-refractivity contribution < 1.29 is 13.6 Å². The monoisotopic (exact) mass is 329 g/mol. The molecule has 2 rings (SSSR count). The lowest BCUT2D eigenvalue weighted by Crippen LogP contribution is -2.54. The number of alkyl halides is 2. The van der Waals surface area contributed by atoms with Gasteiger partial charge in [0.2, 0.25) is 5.91 Å². The number of nitrogens with two attached hydrogens (primary N) is 1. The van der Waals surface area contributed by atoms with Crippen molar-refractivity contribution in [2.24, 2.45) is 11.7 Å². The molecule has 130 valence electrons. The van der Waals surface area contributed by atoms with E-state index in [1.54, 1.807) is 4.90 Å². The Kier molecular flexibility index (Phi) is 6.06. The van der Waals surface area contributed by atoms with Crippen LogP contribution < -0.4 is 5.73 Å². The minimum absolute atomic E-state index is 0.0203. The molecular weight excluding hydrogens is 304 g/mol. The molecule has 1 fully saturated rings. The van der Waals surface area contributed by atoms with Crippen LogP contribution in [0.25, 0.3) is 0 Å². The van der Waals surface area contributed by atoms with Crippen LogP contribution >= 0.6 is 0 Å². The quantitative estimate of drug-likeness (QED) is 0.854. The number of piperazine rings is 1. The fourth-order valence-electron chi connectivity index (χ4n) is 2.68. The van der Waals surface area contributed by atoms with Gasteiger partial charge in [-0.15, -0.1) is 0 Å². The summed E-state index contributed by atoms with van der Waals surface area (Å²) in [6.07, 6.45) is 3.53. The highest BCUT2D eigenvalue weighted by molar-refractivity contribution is 5.82. The molecule has 0 radical (unpaired) electrons. The number of nitrogens with zero attached hydrogens (tertiary/aromatic N) is 4. The zero-order chi connectivity index (χ0) is 17.0. The normalized spacial score (nSPS) is 19.1. The summed E-state index contributed by atoms with van der Waals surface area (Å²) in [5.74, 6) is 0.475. The lowest BCUT2D eigenvalue weighted by Gasteiger charge is -2.36. The van der Waals surface area contributed by atoms with E-state index in [0.29, 0.717) is 38.5 Å². The smallest absolute Gasteiger partial charge is 0.319 e. The Labute approximate surface area is 135 Å². The highest BCUT2D eigenvalue weighted by Crippen LogP contribution is 2.16. The van der Waals surface area contributed by atoms with Crippen LogP contribution in [-0.2, 0) is 11.3 Å². The molecule has 0 unspecified atom stereocenters. The summed E-state index contributed by atoms with van der Waals surface area (Å²) in [5, 5.41) is 0. The number of amides is 1. The Bertz CT molecular complexity index is 514. The number of hydrogen-bond acceptors (Lipinski definition) is 4. The molecular formula is C15H25F2N5O. The number of aromatic nitrogens is 2. The van der Waals surface area contributed by atoms with Crippen LogP contribution in [0.3, 0.4) is 0 Å². The lowest BCUT2D eigenvalue weighted by molar-refractivity contribution is -0.135. The molecule has 1 amide bonds. The SMILES string of the molecule is CC[C@@H](C)[C@H](N)C(=O)N1CCN(Cc2nccn2C(F)F)CC1. The highest BCUT2D eigenvalue weighted by Gasteiger charge is 2.28. The minimum Gasteiger partial charge on any atom is -0.339 e. The van der Waals surface area contributed by atoms with Gasteiger partial charge in [0.25, 0.3) is 0 Å². The molecule has 0 spiro atoms. The summed E-state index contributed by atoms with van der Waals surface area (Å²) in [6, 6.07) is -0.468. The van der Waals surface area contributed by atoms with E-state index in [0.717, 1.165) is 11.0 Å². The number of halogens is 2. The standard InChI is InChI=1S/C15H25F2N5O/c1-3-11(2)13(18)14(23)21-8-6-20(7-9-21)10-12-19-4-5-22(12)15(16)17/h4-5,11,13,15H,3,6-10,18H2,1-2H3/t11-,13+/m1/s1. The van der Waals surface area contributed by atoms with Gasteiger partial charge in [0, 0.05) is 38.6 Å². The molecule has 8 heteroatoms. The molecule has 1 aliphatic heterocycles. The maximum Gasteiger partial charge on any atom is 0.319 e. The summed E-state index contributed by atoms with van der Waals surface area (Å²) in [5.41, 5.74) is 6.00. The fraction of sp³-hybridized carbons (Fsp3) is 0.733. The molecule has 2 atom stereocenters. The van der Waals surface area contributed by atoms with Crippen molar-refractivity contribution in [3.63, 3.8) is 0 Å². The maximum atomic E-state index is 12.8. The molecule has 1 aromatic heterocycles. The van der Waals surface area contributed by atoms with E-state index in [-0.39, 0.29) is 11.8 Å². The van der Waals surface area contributed by atoms with E-state index in [4.69, 9.17) is 5.73 Å². The van der Waals surface area contributed by atoms with E-state index in [1.807, 2.05) is 18.7 Å². The number of hydrogen-bond donors (Lipinski definition) is 1. The average molecular weight is 329 g/mol. The van der Waals surface area contributed by atoms with Crippen LogP contribution in [0, 0.1) is 5.92 Å². The maximum absolute atomic E-state index is 12.8. The van der Waals surface area contributed by atoms with Crippen molar-refractivity contribution >= 4 is 5.91 Å². The largest absolute Gasteiger partial charge is 0.339 e. The van der Waals surface area contributed by atoms with Gasteiger partial charge < -0.3 is 10.6 Å². The number of rotatable bonds is 6. The lowest BCUT2D eigenvalue weighted by atomic mass is 9.98. The van der Waals surface area contributed by atoms with Crippen molar-refractivity contribution in [2.75, 3.05) is 26.2 Å². The third-order valence-corrected chi connectivity index (χ3v) is 4.55. The van der Waals surface area contributed by atoms with E-state index in [1.165, 1.54) is 12.4 Å². The van der Waals surface area contributed by atoms with Gasteiger partial charge in [-0.3, -0.25) is 14.3 Å². The van der Waals surface area contributed by atoms with Gasteiger partial charge >= 0.3 is 6.55 Å². The molecule has 0 saturated carbocycles. The van der Waals surface area contributed by atoms with Gasteiger partial charge in [-0.05, 0) is 5.92 Å². The molecule has 23 heavy (non-hydrogen) atoms. The second-order valence-electron chi connectivity index (χ2n) is 6.04. The van der Waals surface area contributed by atoms with Crippen molar-refractivity contribution in [2.45, 2.75) is 39.4 Å². The Morgan fingerprint density at radius 1 is 1.35 bits per heavy atom. The Hall–Kier alpha value is -1.54. The van der Waals surface area contributed by atoms with Gasteiger partial charge in [-0.1, -0.05) is 20.3 Å². The molecule has 1 aromatic rings. The molecule has 1 aliphatic rings. The van der Waals surface area contributed by atoms with Gasteiger partial charge in [0.1, 0.15) is 5.82 Å². The average Bonchev–Trinajstić information content (AvgIpc) is 3.01. The fourth-order valence-corrected chi connectivity index (χ4v) is 2.68. The summed E-state index contributed by atoms with van der Waals surface area (Å²) in [7, 11) is 0.